The average molecular weight is 206 g/mol. The second-order valence-electron chi connectivity index (χ2n) is 4.27. The number of rotatable bonds is 3. The topological polar surface area (TPSA) is 70.5 Å². The fourth-order valence-electron chi connectivity index (χ4n) is 1.92. The van der Waals surface area contributed by atoms with Gasteiger partial charge in [0.05, 0.1) is 0 Å². The van der Waals surface area contributed by atoms with Crippen molar-refractivity contribution in [3.63, 3.8) is 0 Å². The van der Waals surface area contributed by atoms with E-state index in [1.54, 1.807) is 0 Å². The van der Waals surface area contributed by atoms with Crippen molar-refractivity contribution in [3.8, 4) is 0 Å². The van der Waals surface area contributed by atoms with Crippen LogP contribution in [-0.4, -0.2) is 22.6 Å². The Hall–Kier alpha value is -1.54. The second-order valence-corrected chi connectivity index (χ2v) is 4.27. The van der Waals surface area contributed by atoms with Crippen LogP contribution in [0.3, 0.4) is 0 Å². The van der Waals surface area contributed by atoms with Crippen molar-refractivity contribution < 1.29 is 14.4 Å². The number of Topliss-reactive ketones (excluding diaryl/α,β-unsaturated/α-hetero) is 2. The Kier molecular flexibility index (Phi) is 3.32. The summed E-state index contributed by atoms with van der Waals surface area (Å²) in [6.07, 6.45) is 2.59. The van der Waals surface area contributed by atoms with Crippen molar-refractivity contribution in [1.29, 1.82) is 0 Å². The Morgan fingerprint density at radius 2 is 2.33 bits per heavy atom. The third-order valence-electron chi connectivity index (χ3n) is 2.91. The molecule has 0 radical (unpaired) electrons. The molecule has 4 heteroatoms. The molecule has 15 heavy (non-hydrogen) atoms. The summed E-state index contributed by atoms with van der Waals surface area (Å²) in [5.41, 5.74) is 8.69. The molecule has 0 amide bonds. The van der Waals surface area contributed by atoms with E-state index < -0.39 is 5.41 Å². The maximum atomic E-state index is 11.3. The zero-order valence-corrected chi connectivity index (χ0v) is 8.82. The minimum absolute atomic E-state index is 0.165. The predicted molar refractivity (Wildman–Crippen MR) is 55.4 cm³/mol. The van der Waals surface area contributed by atoms with Crippen molar-refractivity contribution in [2.45, 2.75) is 32.6 Å². The van der Waals surface area contributed by atoms with E-state index in [1.807, 2.05) is 6.92 Å². The van der Waals surface area contributed by atoms with Crippen LogP contribution >= 0.6 is 0 Å². The molecule has 1 unspecified atom stereocenters. The summed E-state index contributed by atoms with van der Waals surface area (Å²) in [4.78, 5) is 25.3. The third-order valence-corrected chi connectivity index (χ3v) is 2.91. The maximum absolute atomic E-state index is 11.3. The Morgan fingerprint density at radius 1 is 1.67 bits per heavy atom. The molecule has 4 nitrogen and oxygen atoms in total. The molecule has 1 aliphatic carbocycles. The second kappa shape index (κ2) is 4.32. The van der Waals surface area contributed by atoms with Gasteiger partial charge in [0.25, 0.3) is 0 Å². The summed E-state index contributed by atoms with van der Waals surface area (Å²) in [5.74, 6) is -0.116. The highest BCUT2D eigenvalue weighted by Crippen LogP contribution is 2.40. The summed E-state index contributed by atoms with van der Waals surface area (Å²) in [6.45, 7) is 5.76. The number of carbonyl (C=O) groups is 2. The van der Waals surface area contributed by atoms with Gasteiger partial charge in [-0.15, -0.1) is 0 Å². The molecule has 1 fully saturated rings. The van der Waals surface area contributed by atoms with E-state index in [0.29, 0.717) is 19.3 Å². The van der Waals surface area contributed by atoms with Gasteiger partial charge in [-0.25, -0.2) is 0 Å². The lowest BCUT2D eigenvalue weighted by molar-refractivity contribution is -0.123. The summed E-state index contributed by atoms with van der Waals surface area (Å²) >= 11 is 0. The number of allylic oxidation sites excluding steroid dienone is 1. The number of hydrogen-bond donors (Lipinski definition) is 0. The van der Waals surface area contributed by atoms with Gasteiger partial charge < -0.3 is 5.53 Å². The molecule has 1 rings (SSSR count). The minimum atomic E-state index is -0.465. The molecule has 1 saturated carbocycles. The number of carbonyl (C=O) groups excluding carboxylic acids is 2. The summed E-state index contributed by atoms with van der Waals surface area (Å²) in [5, 5.41) is 0. The first-order valence-electron chi connectivity index (χ1n) is 4.88. The van der Waals surface area contributed by atoms with E-state index in [1.165, 1.54) is 0 Å². The van der Waals surface area contributed by atoms with E-state index in [2.05, 4.69) is 11.4 Å². The number of ketones is 2. The predicted octanol–water partition coefficient (Wildman–Crippen LogP) is 1.56. The van der Waals surface area contributed by atoms with Gasteiger partial charge in [-0.1, -0.05) is 19.1 Å². The molecule has 0 bridgehead atoms. The highest BCUT2D eigenvalue weighted by molar-refractivity contribution is 6.25. The first kappa shape index (κ1) is 11.5. The van der Waals surface area contributed by atoms with E-state index >= 15 is 0 Å². The molecule has 0 N–H and O–H groups in total. The summed E-state index contributed by atoms with van der Waals surface area (Å²) in [7, 11) is 0. The van der Waals surface area contributed by atoms with E-state index in [4.69, 9.17) is 5.53 Å². The van der Waals surface area contributed by atoms with Crippen LogP contribution in [0.25, 0.3) is 5.53 Å². The molecule has 0 saturated heterocycles. The fourth-order valence-corrected chi connectivity index (χ4v) is 1.92. The van der Waals surface area contributed by atoms with Gasteiger partial charge in [0.1, 0.15) is 5.78 Å². The molecule has 0 spiro atoms. The number of nitrogens with zero attached hydrogens (tertiary/aromatic N) is 2. The molecular weight excluding hydrogens is 192 g/mol. The molecule has 0 aromatic rings. The standard InChI is InChI=1S/C11H14N2O2/c1-8-3-4-9(14)5-11(8,2)6-10(15)7-13-12/h7H,1,3-6H2,2H3. The minimum Gasteiger partial charge on any atom is -0.361 e. The number of hydrogen-bond acceptors (Lipinski definition) is 2. The Morgan fingerprint density at radius 3 is 2.93 bits per heavy atom. The monoisotopic (exact) mass is 206 g/mol. The van der Waals surface area contributed by atoms with E-state index in [0.717, 1.165) is 11.8 Å². The normalized spacial score (nSPS) is 25.9. The van der Waals surface area contributed by atoms with Crippen LogP contribution in [0.2, 0.25) is 0 Å². The van der Waals surface area contributed by atoms with Crippen molar-refractivity contribution >= 4 is 17.8 Å². The van der Waals surface area contributed by atoms with E-state index in [9.17, 15) is 9.59 Å². The Balaban J connectivity index is 2.79. The first-order chi connectivity index (χ1) is 6.98. The Bertz CT molecular complexity index is 367. The van der Waals surface area contributed by atoms with Crippen molar-refractivity contribution in [2.75, 3.05) is 0 Å². The molecule has 0 aromatic carbocycles. The lowest BCUT2D eigenvalue weighted by Gasteiger charge is -2.33. The van der Waals surface area contributed by atoms with Crippen molar-refractivity contribution in [3.05, 3.63) is 17.7 Å². The van der Waals surface area contributed by atoms with Crippen molar-refractivity contribution in [1.82, 2.24) is 0 Å². The van der Waals surface area contributed by atoms with Crippen LogP contribution in [0, 0.1) is 5.41 Å². The van der Waals surface area contributed by atoms with E-state index in [-0.39, 0.29) is 18.0 Å². The van der Waals surface area contributed by atoms with Gasteiger partial charge in [0.15, 0.2) is 0 Å². The Labute approximate surface area is 88.6 Å². The lowest BCUT2D eigenvalue weighted by Crippen LogP contribution is -2.30. The molecule has 0 aromatic heterocycles. The van der Waals surface area contributed by atoms with Crippen LogP contribution in [0.4, 0.5) is 0 Å². The van der Waals surface area contributed by atoms with Crippen LogP contribution in [-0.2, 0) is 9.59 Å². The molecular formula is C11H14N2O2. The lowest BCUT2D eigenvalue weighted by atomic mass is 9.69. The quantitative estimate of drug-likeness (QED) is 0.304. The SMILES string of the molecule is C=C1CCC(=O)CC1(C)CC(=O)C=[N+]=[N-]. The van der Waals surface area contributed by atoms with Crippen LogP contribution in [0.1, 0.15) is 32.6 Å². The van der Waals surface area contributed by atoms with Crippen LogP contribution in [0.5, 0.6) is 0 Å². The van der Waals surface area contributed by atoms with Crippen molar-refractivity contribution in [2.24, 2.45) is 5.41 Å². The zero-order chi connectivity index (χ0) is 11.5. The van der Waals surface area contributed by atoms with Gasteiger partial charge in [-0.3, -0.25) is 9.59 Å². The zero-order valence-electron chi connectivity index (χ0n) is 8.82. The van der Waals surface area contributed by atoms with Gasteiger partial charge >= 0.3 is 6.21 Å². The highest BCUT2D eigenvalue weighted by Gasteiger charge is 2.36. The molecule has 80 valence electrons. The highest BCUT2D eigenvalue weighted by atomic mass is 16.1. The molecule has 1 atom stereocenters. The molecule has 0 aliphatic heterocycles. The van der Waals surface area contributed by atoms with Crippen LogP contribution in [0.15, 0.2) is 12.2 Å². The summed E-state index contributed by atoms with van der Waals surface area (Å²) in [6, 6.07) is 0. The molecule has 1 aliphatic rings. The van der Waals surface area contributed by atoms with Gasteiger partial charge in [-0.05, 0) is 6.42 Å². The van der Waals surface area contributed by atoms with Gasteiger partial charge in [-0.2, -0.15) is 4.79 Å². The third kappa shape index (κ3) is 2.70. The first-order valence-corrected chi connectivity index (χ1v) is 4.88. The van der Waals surface area contributed by atoms with Gasteiger partial charge in [0, 0.05) is 24.7 Å². The van der Waals surface area contributed by atoms with Crippen LogP contribution < -0.4 is 0 Å². The average Bonchev–Trinajstić information content (AvgIpc) is 2.12. The smallest absolute Gasteiger partial charge is 0.323 e. The largest absolute Gasteiger partial charge is 0.361 e. The van der Waals surface area contributed by atoms with Gasteiger partial charge in [0.2, 0.25) is 5.78 Å². The summed E-state index contributed by atoms with van der Waals surface area (Å²) < 4.78 is 0. The molecule has 0 heterocycles. The fraction of sp³-hybridized carbons (Fsp3) is 0.545. The maximum Gasteiger partial charge on any atom is 0.323 e.